The number of pyridine rings is 1. The van der Waals surface area contributed by atoms with Gasteiger partial charge in [0.1, 0.15) is 0 Å². The van der Waals surface area contributed by atoms with Gasteiger partial charge in [0.2, 0.25) is 0 Å². The number of aromatic carboxylic acids is 1. The fourth-order valence-electron chi connectivity index (χ4n) is 0.964. The largest absolute Gasteiger partial charge is 0.478 e. The summed E-state index contributed by atoms with van der Waals surface area (Å²) in [7, 11) is 0. The van der Waals surface area contributed by atoms with E-state index >= 15 is 0 Å². The third-order valence-corrected chi connectivity index (χ3v) is 1.78. The summed E-state index contributed by atoms with van der Waals surface area (Å²) >= 11 is 0. The summed E-state index contributed by atoms with van der Waals surface area (Å²) in [6.07, 6.45) is 1.39. The highest BCUT2D eigenvalue weighted by Crippen LogP contribution is 2.19. The molecule has 1 aromatic heterocycles. The van der Waals surface area contributed by atoms with Gasteiger partial charge < -0.3 is 5.11 Å². The van der Waals surface area contributed by atoms with Gasteiger partial charge in [-0.1, -0.05) is 34.6 Å². The van der Waals surface area contributed by atoms with Crippen molar-refractivity contribution < 1.29 is 9.90 Å². The molecule has 1 aromatic rings. The maximum Gasteiger partial charge on any atom is 0.337 e. The Kier molecular flexibility index (Phi) is 4.98. The van der Waals surface area contributed by atoms with Crippen LogP contribution in [0.1, 0.15) is 50.7 Å². The molecule has 0 aliphatic carbocycles. The first kappa shape index (κ1) is 13.6. The Morgan fingerprint density at radius 3 is 2.07 bits per heavy atom. The first-order valence-corrected chi connectivity index (χ1v) is 5.11. The fraction of sp³-hybridized carbons (Fsp3) is 0.500. The Labute approximate surface area is 91.2 Å². The molecule has 0 unspecified atom stereocenters. The molecule has 84 valence electrons. The molecule has 0 radical (unpaired) electrons. The molecule has 0 aromatic carbocycles. The Hall–Kier alpha value is -1.38. The van der Waals surface area contributed by atoms with Crippen molar-refractivity contribution in [1.82, 2.24) is 4.98 Å². The van der Waals surface area contributed by atoms with Gasteiger partial charge in [-0.05, 0) is 12.1 Å². The summed E-state index contributed by atoms with van der Waals surface area (Å²) in [5, 5.41) is 8.64. The molecule has 3 nitrogen and oxygen atoms in total. The molecule has 15 heavy (non-hydrogen) atoms. The van der Waals surface area contributed by atoms with Gasteiger partial charge in [-0.2, -0.15) is 0 Å². The zero-order valence-corrected chi connectivity index (χ0v) is 10.0. The predicted octanol–water partition coefficient (Wildman–Crippen LogP) is 3.10. The van der Waals surface area contributed by atoms with Crippen LogP contribution in [0.15, 0.2) is 18.3 Å². The minimum Gasteiger partial charge on any atom is -0.478 e. The van der Waals surface area contributed by atoms with E-state index in [4.69, 9.17) is 5.11 Å². The van der Waals surface area contributed by atoms with Crippen molar-refractivity contribution in [2.75, 3.05) is 0 Å². The molecule has 1 rings (SSSR count). The van der Waals surface area contributed by atoms with E-state index < -0.39 is 5.97 Å². The standard InChI is InChI=1S/C10H13NO2.C2H6/c1-10(2,3)8-5-4-7(6-11-8)9(12)13;1-2/h4-6H,1-3H3,(H,12,13);1-2H3. The molecular formula is C12H19NO2. The lowest BCUT2D eigenvalue weighted by Gasteiger charge is -2.16. The lowest BCUT2D eigenvalue weighted by molar-refractivity contribution is 0.0696. The minimum absolute atomic E-state index is 0.0307. The normalized spacial score (nSPS) is 10.2. The number of carbonyl (C=O) groups is 1. The molecular weight excluding hydrogens is 190 g/mol. The van der Waals surface area contributed by atoms with Gasteiger partial charge in [-0.25, -0.2) is 4.79 Å². The molecule has 3 heteroatoms. The Morgan fingerprint density at radius 2 is 1.80 bits per heavy atom. The van der Waals surface area contributed by atoms with Crippen molar-refractivity contribution in [3.63, 3.8) is 0 Å². The van der Waals surface area contributed by atoms with E-state index in [1.807, 2.05) is 34.6 Å². The SMILES string of the molecule is CC.CC(C)(C)c1ccc(C(=O)O)cn1. The average molecular weight is 209 g/mol. The second kappa shape index (κ2) is 5.49. The van der Waals surface area contributed by atoms with E-state index in [-0.39, 0.29) is 11.0 Å². The Bertz CT molecular complexity index is 309. The number of rotatable bonds is 1. The number of hydrogen-bond acceptors (Lipinski definition) is 2. The molecule has 0 atom stereocenters. The summed E-state index contributed by atoms with van der Waals surface area (Å²) in [6, 6.07) is 3.33. The van der Waals surface area contributed by atoms with Crippen LogP contribution in [0.2, 0.25) is 0 Å². The molecule has 0 fully saturated rings. The third-order valence-electron chi connectivity index (χ3n) is 1.78. The number of nitrogens with zero attached hydrogens (tertiary/aromatic N) is 1. The van der Waals surface area contributed by atoms with Crippen LogP contribution in [0, 0.1) is 0 Å². The highest BCUT2D eigenvalue weighted by atomic mass is 16.4. The van der Waals surface area contributed by atoms with Crippen molar-refractivity contribution >= 4 is 5.97 Å². The van der Waals surface area contributed by atoms with Crippen molar-refractivity contribution in [3.05, 3.63) is 29.6 Å². The van der Waals surface area contributed by atoms with Crippen LogP contribution < -0.4 is 0 Å². The average Bonchev–Trinajstić information content (AvgIpc) is 2.20. The van der Waals surface area contributed by atoms with Crippen LogP contribution in [0.4, 0.5) is 0 Å². The van der Waals surface area contributed by atoms with Crippen molar-refractivity contribution in [2.24, 2.45) is 0 Å². The quantitative estimate of drug-likeness (QED) is 0.773. The maximum atomic E-state index is 10.5. The summed E-state index contributed by atoms with van der Waals surface area (Å²) in [4.78, 5) is 14.6. The number of carboxylic acids is 1. The highest BCUT2D eigenvalue weighted by molar-refractivity contribution is 5.87. The van der Waals surface area contributed by atoms with Gasteiger partial charge in [0.05, 0.1) is 5.56 Å². The zero-order valence-electron chi connectivity index (χ0n) is 10.0. The Balaban J connectivity index is 0.000000921. The second-order valence-electron chi connectivity index (χ2n) is 3.99. The van der Waals surface area contributed by atoms with Gasteiger partial charge in [0, 0.05) is 17.3 Å². The third kappa shape index (κ3) is 4.11. The maximum absolute atomic E-state index is 10.5. The van der Waals surface area contributed by atoms with E-state index in [0.29, 0.717) is 0 Å². The van der Waals surface area contributed by atoms with Gasteiger partial charge in [-0.3, -0.25) is 4.98 Å². The lowest BCUT2D eigenvalue weighted by Crippen LogP contribution is -2.13. The molecule has 1 heterocycles. The van der Waals surface area contributed by atoms with Gasteiger partial charge >= 0.3 is 5.97 Å². The van der Waals surface area contributed by atoms with Crippen LogP contribution in [-0.4, -0.2) is 16.1 Å². The van der Waals surface area contributed by atoms with Crippen LogP contribution in [0.25, 0.3) is 0 Å². The molecule has 0 aliphatic rings. The van der Waals surface area contributed by atoms with E-state index in [1.54, 1.807) is 12.1 Å². The van der Waals surface area contributed by atoms with Crippen molar-refractivity contribution in [2.45, 2.75) is 40.0 Å². The summed E-state index contributed by atoms with van der Waals surface area (Å²) in [5.74, 6) is -0.937. The van der Waals surface area contributed by atoms with Crippen molar-refractivity contribution in [1.29, 1.82) is 0 Å². The molecule has 0 saturated heterocycles. The van der Waals surface area contributed by atoms with Crippen LogP contribution in [-0.2, 0) is 5.41 Å². The van der Waals surface area contributed by atoms with Crippen molar-refractivity contribution in [3.8, 4) is 0 Å². The first-order valence-electron chi connectivity index (χ1n) is 5.11. The zero-order chi connectivity index (χ0) is 12.1. The molecule has 0 saturated carbocycles. The van der Waals surface area contributed by atoms with Gasteiger partial charge in [-0.15, -0.1) is 0 Å². The highest BCUT2D eigenvalue weighted by Gasteiger charge is 2.15. The van der Waals surface area contributed by atoms with E-state index in [0.717, 1.165) is 5.69 Å². The van der Waals surface area contributed by atoms with Crippen LogP contribution in [0.5, 0.6) is 0 Å². The fourth-order valence-corrected chi connectivity index (χ4v) is 0.964. The monoisotopic (exact) mass is 209 g/mol. The first-order chi connectivity index (χ1) is 6.91. The predicted molar refractivity (Wildman–Crippen MR) is 61.2 cm³/mol. The molecule has 0 amide bonds. The van der Waals surface area contributed by atoms with E-state index in [1.165, 1.54) is 6.20 Å². The molecule has 0 spiro atoms. The number of hydrogen-bond donors (Lipinski definition) is 1. The molecule has 0 bridgehead atoms. The number of aromatic nitrogens is 1. The minimum atomic E-state index is -0.937. The summed E-state index contributed by atoms with van der Waals surface area (Å²) < 4.78 is 0. The smallest absolute Gasteiger partial charge is 0.337 e. The molecule has 0 aliphatic heterocycles. The Morgan fingerprint density at radius 1 is 1.27 bits per heavy atom. The number of carboxylic acid groups (broad SMARTS) is 1. The van der Waals surface area contributed by atoms with E-state index in [9.17, 15) is 4.79 Å². The summed E-state index contributed by atoms with van der Waals surface area (Å²) in [6.45, 7) is 10.1. The van der Waals surface area contributed by atoms with Gasteiger partial charge in [0.15, 0.2) is 0 Å². The lowest BCUT2D eigenvalue weighted by atomic mass is 9.91. The second-order valence-corrected chi connectivity index (χ2v) is 3.99. The van der Waals surface area contributed by atoms with Crippen LogP contribution in [0.3, 0.4) is 0 Å². The molecule has 1 N–H and O–H groups in total. The van der Waals surface area contributed by atoms with Gasteiger partial charge in [0.25, 0.3) is 0 Å². The summed E-state index contributed by atoms with van der Waals surface area (Å²) in [5.41, 5.74) is 1.10. The topological polar surface area (TPSA) is 50.2 Å². The van der Waals surface area contributed by atoms with E-state index in [2.05, 4.69) is 4.98 Å². The van der Waals surface area contributed by atoms with Crippen LogP contribution >= 0.6 is 0 Å².